The summed E-state index contributed by atoms with van der Waals surface area (Å²) in [5, 5.41) is 6.41. The Bertz CT molecular complexity index is 958. The number of primary sulfonamides is 1. The number of benzene rings is 2. The molecule has 0 radical (unpaired) electrons. The third kappa shape index (κ3) is 3.82. The molecule has 0 bridgehead atoms. The number of fused-ring (bicyclic) bond motifs is 1. The van der Waals surface area contributed by atoms with Crippen LogP contribution in [0.15, 0.2) is 41.3 Å². The number of halogens is 2. The molecule has 2 atom stereocenters. The fraction of sp³-hybridized carbons (Fsp3) is 0.368. The van der Waals surface area contributed by atoms with Crippen LogP contribution in [0.4, 0.5) is 0 Å². The van der Waals surface area contributed by atoms with Gasteiger partial charge in [0.1, 0.15) is 11.9 Å². The van der Waals surface area contributed by atoms with E-state index in [-0.39, 0.29) is 17.0 Å². The highest BCUT2D eigenvalue weighted by Gasteiger charge is 2.40. The van der Waals surface area contributed by atoms with Crippen molar-refractivity contribution < 1.29 is 13.2 Å². The minimum atomic E-state index is -3.73. The van der Waals surface area contributed by atoms with Crippen molar-refractivity contribution >= 4 is 33.2 Å². The molecule has 2 aliphatic rings. The summed E-state index contributed by atoms with van der Waals surface area (Å²) in [5.41, 5.74) is 2.07. The van der Waals surface area contributed by atoms with E-state index in [0.29, 0.717) is 15.8 Å². The molecule has 144 valence electrons. The average Bonchev–Trinajstić information content (AvgIpc) is 3.23. The maximum atomic E-state index is 11.5. The van der Waals surface area contributed by atoms with Crippen LogP contribution in [0.2, 0.25) is 10.0 Å². The first-order valence-corrected chi connectivity index (χ1v) is 11.1. The quantitative estimate of drug-likeness (QED) is 0.806. The number of ether oxygens (including phenoxy) is 1. The standard InChI is InChI=1S/C19H20Cl2N2O3S/c20-12-9-16-15(17(21)10-12)11-18(23-7-1-2-8-23)19(16)26-13-3-5-14(6-4-13)27(22,24)25/h3-6,9-10,18-19H,1-2,7-8,11H2,(H2,22,24,25)/t18-,19+/m1/s1. The van der Waals surface area contributed by atoms with Crippen molar-refractivity contribution in [2.75, 3.05) is 13.1 Å². The second kappa shape index (κ2) is 7.26. The molecule has 1 fully saturated rings. The molecule has 0 aromatic heterocycles. The van der Waals surface area contributed by atoms with Crippen molar-refractivity contribution in [1.29, 1.82) is 0 Å². The van der Waals surface area contributed by atoms with Gasteiger partial charge in [-0.25, -0.2) is 13.6 Å². The van der Waals surface area contributed by atoms with E-state index in [1.54, 1.807) is 18.2 Å². The molecule has 0 amide bonds. The smallest absolute Gasteiger partial charge is 0.238 e. The van der Waals surface area contributed by atoms with Gasteiger partial charge >= 0.3 is 0 Å². The van der Waals surface area contributed by atoms with E-state index in [0.717, 1.165) is 30.6 Å². The first-order chi connectivity index (χ1) is 12.8. The lowest BCUT2D eigenvalue weighted by molar-refractivity contribution is 0.0941. The fourth-order valence-electron chi connectivity index (χ4n) is 4.01. The highest BCUT2D eigenvalue weighted by atomic mass is 35.5. The zero-order chi connectivity index (χ0) is 19.2. The topological polar surface area (TPSA) is 72.6 Å². The minimum Gasteiger partial charge on any atom is -0.484 e. The molecule has 1 saturated heterocycles. The molecule has 0 unspecified atom stereocenters. The number of hydrogen-bond acceptors (Lipinski definition) is 4. The number of rotatable bonds is 4. The van der Waals surface area contributed by atoms with Crippen LogP contribution < -0.4 is 9.88 Å². The molecule has 5 nitrogen and oxygen atoms in total. The Morgan fingerprint density at radius 2 is 1.74 bits per heavy atom. The van der Waals surface area contributed by atoms with Gasteiger partial charge in [0.05, 0.1) is 10.9 Å². The average molecular weight is 427 g/mol. The number of sulfonamides is 1. The molecule has 1 aliphatic heterocycles. The Hall–Kier alpha value is -1.31. The van der Waals surface area contributed by atoms with Crippen LogP contribution >= 0.6 is 23.2 Å². The molecule has 1 aliphatic carbocycles. The predicted octanol–water partition coefficient (Wildman–Crippen LogP) is 3.78. The van der Waals surface area contributed by atoms with Gasteiger partial charge in [0.25, 0.3) is 0 Å². The molecule has 2 aromatic rings. The molecule has 0 saturated carbocycles. The first-order valence-electron chi connectivity index (χ1n) is 8.84. The molecule has 1 heterocycles. The predicted molar refractivity (Wildman–Crippen MR) is 106 cm³/mol. The Balaban J connectivity index is 1.67. The van der Waals surface area contributed by atoms with E-state index in [9.17, 15) is 8.42 Å². The van der Waals surface area contributed by atoms with Crippen LogP contribution in [0, 0.1) is 0 Å². The van der Waals surface area contributed by atoms with Crippen LogP contribution in [-0.2, 0) is 16.4 Å². The van der Waals surface area contributed by atoms with E-state index < -0.39 is 10.0 Å². The van der Waals surface area contributed by atoms with Crippen LogP contribution in [-0.4, -0.2) is 32.4 Å². The number of hydrogen-bond donors (Lipinski definition) is 1. The van der Waals surface area contributed by atoms with Crippen molar-refractivity contribution in [3.05, 3.63) is 57.6 Å². The van der Waals surface area contributed by atoms with E-state index >= 15 is 0 Å². The third-order valence-corrected chi connectivity index (χ3v) is 6.77. The summed E-state index contributed by atoms with van der Waals surface area (Å²) < 4.78 is 29.2. The van der Waals surface area contributed by atoms with Crippen LogP contribution in [0.3, 0.4) is 0 Å². The lowest BCUT2D eigenvalue weighted by Crippen LogP contribution is -2.38. The summed E-state index contributed by atoms with van der Waals surface area (Å²) in [6, 6.07) is 10.0. The van der Waals surface area contributed by atoms with Gasteiger partial charge in [-0.15, -0.1) is 0 Å². The largest absolute Gasteiger partial charge is 0.484 e. The van der Waals surface area contributed by atoms with Gasteiger partial charge in [-0.1, -0.05) is 23.2 Å². The van der Waals surface area contributed by atoms with Gasteiger partial charge in [0.2, 0.25) is 10.0 Å². The Kier molecular flexibility index (Phi) is 5.12. The normalized spacial score (nSPS) is 22.8. The van der Waals surface area contributed by atoms with Crippen molar-refractivity contribution in [1.82, 2.24) is 4.90 Å². The second-order valence-corrected chi connectivity index (χ2v) is 9.43. The Morgan fingerprint density at radius 3 is 2.37 bits per heavy atom. The second-order valence-electron chi connectivity index (χ2n) is 7.02. The highest BCUT2D eigenvalue weighted by Crippen LogP contribution is 2.43. The van der Waals surface area contributed by atoms with Gasteiger partial charge in [-0.2, -0.15) is 0 Å². The van der Waals surface area contributed by atoms with Gasteiger partial charge in [-0.3, -0.25) is 4.90 Å². The van der Waals surface area contributed by atoms with Gasteiger partial charge < -0.3 is 4.74 Å². The lowest BCUT2D eigenvalue weighted by atomic mass is 10.1. The molecular formula is C19H20Cl2N2O3S. The molecule has 8 heteroatoms. The molecule has 27 heavy (non-hydrogen) atoms. The maximum absolute atomic E-state index is 11.5. The first kappa shape index (κ1) is 19.0. The van der Waals surface area contributed by atoms with Gasteiger partial charge in [0.15, 0.2) is 0 Å². The number of nitrogens with zero attached hydrogens (tertiary/aromatic N) is 1. The SMILES string of the molecule is NS(=O)(=O)c1ccc(O[C@H]2c3cc(Cl)cc(Cl)c3C[C@H]2N2CCCC2)cc1. The summed E-state index contributed by atoms with van der Waals surface area (Å²) >= 11 is 12.7. The zero-order valence-corrected chi connectivity index (χ0v) is 16.9. The van der Waals surface area contributed by atoms with Gasteiger partial charge in [0, 0.05) is 15.6 Å². The summed E-state index contributed by atoms with van der Waals surface area (Å²) in [6.45, 7) is 2.07. The molecule has 2 N–H and O–H groups in total. The summed E-state index contributed by atoms with van der Waals surface area (Å²) in [6.07, 6.45) is 2.95. The minimum absolute atomic E-state index is 0.0591. The fourth-order valence-corrected chi connectivity index (χ4v) is 5.11. The van der Waals surface area contributed by atoms with E-state index in [1.165, 1.54) is 25.0 Å². The van der Waals surface area contributed by atoms with Crippen LogP contribution in [0.1, 0.15) is 30.1 Å². The molecule has 2 aromatic carbocycles. The van der Waals surface area contributed by atoms with E-state index in [2.05, 4.69) is 4.90 Å². The summed E-state index contributed by atoms with van der Waals surface area (Å²) in [4.78, 5) is 2.50. The molecule has 4 rings (SSSR count). The zero-order valence-electron chi connectivity index (χ0n) is 14.6. The van der Waals surface area contributed by atoms with Crippen molar-refractivity contribution in [3.8, 4) is 5.75 Å². The summed E-state index contributed by atoms with van der Waals surface area (Å²) in [7, 11) is -3.73. The van der Waals surface area contributed by atoms with E-state index in [4.69, 9.17) is 33.1 Å². The summed E-state index contributed by atoms with van der Waals surface area (Å²) in [5.74, 6) is 0.584. The van der Waals surface area contributed by atoms with Crippen LogP contribution in [0.5, 0.6) is 5.75 Å². The van der Waals surface area contributed by atoms with Crippen molar-refractivity contribution in [2.45, 2.75) is 36.3 Å². The monoisotopic (exact) mass is 426 g/mol. The number of likely N-dealkylation sites (tertiary alicyclic amines) is 1. The highest BCUT2D eigenvalue weighted by molar-refractivity contribution is 7.89. The lowest BCUT2D eigenvalue weighted by Gasteiger charge is -2.30. The number of nitrogens with two attached hydrogens (primary N) is 1. The third-order valence-electron chi connectivity index (χ3n) is 5.29. The van der Waals surface area contributed by atoms with E-state index in [1.807, 2.05) is 6.07 Å². The maximum Gasteiger partial charge on any atom is 0.238 e. The Labute approximate surface area is 169 Å². The van der Waals surface area contributed by atoms with Crippen molar-refractivity contribution in [2.24, 2.45) is 5.14 Å². The Morgan fingerprint density at radius 1 is 1.07 bits per heavy atom. The van der Waals surface area contributed by atoms with Gasteiger partial charge in [-0.05, 0) is 74.3 Å². The molecule has 0 spiro atoms. The van der Waals surface area contributed by atoms with Crippen molar-refractivity contribution in [3.63, 3.8) is 0 Å². The van der Waals surface area contributed by atoms with Crippen LogP contribution in [0.25, 0.3) is 0 Å². The molecular weight excluding hydrogens is 407 g/mol.